The number of unbranched alkanes of at least 4 members (excludes halogenated alkanes) is 5. The van der Waals surface area contributed by atoms with E-state index in [1.54, 1.807) is 13.8 Å². The Hall–Kier alpha value is -2.05. The topological polar surface area (TPSA) is 109 Å². The zero-order chi connectivity index (χ0) is 22.8. The fraction of sp³-hybridized carbons (Fsp3) is 0.783. The molecule has 2 amide bonds. The smallest absolute Gasteiger partial charge is 0.220 e. The molecule has 1 atom stereocenters. The summed E-state index contributed by atoms with van der Waals surface area (Å²) in [6.07, 6.45) is 8.88. The molecule has 0 heterocycles. The lowest BCUT2D eigenvalue weighted by atomic mass is 10.0. The van der Waals surface area contributed by atoms with Crippen molar-refractivity contribution in [1.82, 2.24) is 10.6 Å². The zero-order valence-electron chi connectivity index (χ0n) is 19.0. The lowest BCUT2D eigenvalue weighted by molar-refractivity contribution is -0.127. The number of nitrogens with one attached hydrogen (secondary N) is 2. The molecule has 2 N–H and O–H groups in total. The van der Waals surface area contributed by atoms with E-state index in [1.165, 1.54) is 6.92 Å². The van der Waals surface area contributed by atoms with E-state index in [4.69, 9.17) is 0 Å². The Balaban J connectivity index is 3.85. The molecule has 0 aliphatic carbocycles. The molecule has 0 bridgehead atoms. The van der Waals surface area contributed by atoms with Crippen LogP contribution in [0.1, 0.15) is 104 Å². The van der Waals surface area contributed by atoms with Crippen molar-refractivity contribution < 1.29 is 24.0 Å². The molecule has 0 fully saturated rings. The van der Waals surface area contributed by atoms with Crippen molar-refractivity contribution in [3.8, 4) is 0 Å². The zero-order valence-corrected chi connectivity index (χ0v) is 19.0. The van der Waals surface area contributed by atoms with Gasteiger partial charge in [-0.05, 0) is 65.7 Å². The molecule has 30 heavy (non-hydrogen) atoms. The highest BCUT2D eigenvalue weighted by atomic mass is 16.2. The third kappa shape index (κ3) is 18.0. The van der Waals surface area contributed by atoms with E-state index in [-0.39, 0.29) is 29.2 Å². The lowest BCUT2D eigenvalue weighted by Gasteiger charge is -2.16. The van der Waals surface area contributed by atoms with Crippen molar-refractivity contribution in [2.45, 2.75) is 110 Å². The molecule has 7 heteroatoms. The normalized spacial score (nSPS) is 11.6. The summed E-state index contributed by atoms with van der Waals surface area (Å²) in [6.45, 7) is 5.16. The van der Waals surface area contributed by atoms with E-state index in [9.17, 15) is 24.0 Å². The van der Waals surface area contributed by atoms with Gasteiger partial charge < -0.3 is 20.2 Å². The largest absolute Gasteiger partial charge is 0.356 e. The first kappa shape index (κ1) is 27.9. The molecule has 0 aromatic rings. The van der Waals surface area contributed by atoms with Gasteiger partial charge in [0, 0.05) is 32.2 Å². The maximum atomic E-state index is 12.0. The monoisotopic (exact) mass is 424 g/mol. The van der Waals surface area contributed by atoms with Crippen LogP contribution in [0.15, 0.2) is 0 Å². The summed E-state index contributed by atoms with van der Waals surface area (Å²) in [6, 6.07) is -0.475. The van der Waals surface area contributed by atoms with Crippen LogP contribution in [0, 0.1) is 0 Å². The van der Waals surface area contributed by atoms with Crippen LogP contribution in [0.3, 0.4) is 0 Å². The highest BCUT2D eigenvalue weighted by Gasteiger charge is 2.16. The number of hydrogen-bond donors (Lipinski definition) is 2. The van der Waals surface area contributed by atoms with E-state index in [2.05, 4.69) is 10.6 Å². The summed E-state index contributed by atoms with van der Waals surface area (Å²) in [7, 11) is 0. The summed E-state index contributed by atoms with van der Waals surface area (Å²) in [5.74, 6) is 0.159. The fourth-order valence-corrected chi connectivity index (χ4v) is 3.11. The van der Waals surface area contributed by atoms with Gasteiger partial charge in [-0.3, -0.25) is 14.4 Å². The van der Waals surface area contributed by atoms with E-state index in [0.29, 0.717) is 45.1 Å². The van der Waals surface area contributed by atoms with Gasteiger partial charge in [0.15, 0.2) is 5.78 Å². The third-order valence-corrected chi connectivity index (χ3v) is 4.93. The van der Waals surface area contributed by atoms with Crippen LogP contribution in [0.2, 0.25) is 0 Å². The van der Waals surface area contributed by atoms with Gasteiger partial charge in [0.05, 0.1) is 6.04 Å². The van der Waals surface area contributed by atoms with E-state index in [0.717, 1.165) is 44.9 Å². The average molecular weight is 425 g/mol. The van der Waals surface area contributed by atoms with Gasteiger partial charge >= 0.3 is 0 Å². The number of hydrogen-bond acceptors (Lipinski definition) is 5. The average Bonchev–Trinajstić information content (AvgIpc) is 2.66. The number of carbonyl (C=O) groups excluding carboxylic acids is 5. The van der Waals surface area contributed by atoms with Crippen molar-refractivity contribution in [2.75, 3.05) is 6.54 Å². The van der Waals surface area contributed by atoms with Crippen molar-refractivity contribution in [2.24, 2.45) is 0 Å². The quantitative estimate of drug-likeness (QED) is 0.309. The predicted molar refractivity (Wildman–Crippen MR) is 117 cm³/mol. The van der Waals surface area contributed by atoms with Crippen molar-refractivity contribution in [1.29, 1.82) is 0 Å². The van der Waals surface area contributed by atoms with Gasteiger partial charge in [-0.2, -0.15) is 0 Å². The molecule has 0 saturated heterocycles. The molecule has 0 unspecified atom stereocenters. The highest BCUT2D eigenvalue weighted by Crippen LogP contribution is 2.07. The standard InChI is InChI=1S/C23H40N2O5/c1-18(26)12-6-4-5-7-16-23(30)25-21(20(3)28)14-10-11-17-24-22(29)15-9-8-13-19(2)27/h21H,4-17H2,1-3H3,(H,24,29)(H,25,30)/t21-/m0/s1. The summed E-state index contributed by atoms with van der Waals surface area (Å²) < 4.78 is 0. The Morgan fingerprint density at radius 2 is 1.10 bits per heavy atom. The highest BCUT2D eigenvalue weighted by molar-refractivity contribution is 5.87. The van der Waals surface area contributed by atoms with Crippen LogP contribution in [0.25, 0.3) is 0 Å². The second-order valence-corrected chi connectivity index (χ2v) is 8.10. The molecule has 0 aromatic carbocycles. The van der Waals surface area contributed by atoms with E-state index < -0.39 is 6.04 Å². The van der Waals surface area contributed by atoms with Gasteiger partial charge in [0.1, 0.15) is 11.6 Å². The molecule has 0 aliphatic heterocycles. The predicted octanol–water partition coefficient (Wildman–Crippen LogP) is 3.43. The number of carbonyl (C=O) groups is 5. The first-order chi connectivity index (χ1) is 14.2. The van der Waals surface area contributed by atoms with Crippen LogP contribution in [-0.2, 0) is 24.0 Å². The van der Waals surface area contributed by atoms with E-state index >= 15 is 0 Å². The van der Waals surface area contributed by atoms with Crippen molar-refractivity contribution in [3.05, 3.63) is 0 Å². The van der Waals surface area contributed by atoms with Gasteiger partial charge in [-0.25, -0.2) is 0 Å². The number of ketones is 3. The minimum absolute atomic E-state index is 0.0155. The summed E-state index contributed by atoms with van der Waals surface area (Å²) in [5.41, 5.74) is 0. The Kier molecular flexibility index (Phi) is 16.6. The second kappa shape index (κ2) is 17.8. The molecule has 172 valence electrons. The Morgan fingerprint density at radius 3 is 1.67 bits per heavy atom. The maximum absolute atomic E-state index is 12.0. The Bertz CT molecular complexity index is 560. The molecule has 0 spiro atoms. The fourth-order valence-electron chi connectivity index (χ4n) is 3.11. The molecule has 0 radical (unpaired) electrons. The minimum Gasteiger partial charge on any atom is -0.356 e. The molecule has 0 rings (SSSR count). The lowest BCUT2D eigenvalue weighted by Crippen LogP contribution is -2.39. The minimum atomic E-state index is -0.475. The Labute approximate surface area is 181 Å². The molecule has 0 saturated carbocycles. The molecule has 7 nitrogen and oxygen atoms in total. The third-order valence-electron chi connectivity index (χ3n) is 4.93. The Morgan fingerprint density at radius 1 is 0.600 bits per heavy atom. The van der Waals surface area contributed by atoms with E-state index in [1.807, 2.05) is 0 Å². The van der Waals surface area contributed by atoms with Gasteiger partial charge in [-0.1, -0.05) is 12.8 Å². The van der Waals surface area contributed by atoms with Crippen molar-refractivity contribution in [3.63, 3.8) is 0 Å². The van der Waals surface area contributed by atoms with Crippen LogP contribution >= 0.6 is 0 Å². The number of rotatable bonds is 19. The van der Waals surface area contributed by atoms with Gasteiger partial charge in [0.2, 0.25) is 11.8 Å². The molecule has 0 aromatic heterocycles. The first-order valence-corrected chi connectivity index (χ1v) is 11.3. The van der Waals surface area contributed by atoms with Crippen LogP contribution < -0.4 is 10.6 Å². The van der Waals surface area contributed by atoms with Gasteiger partial charge in [-0.15, -0.1) is 0 Å². The van der Waals surface area contributed by atoms with Crippen LogP contribution in [-0.4, -0.2) is 41.8 Å². The van der Waals surface area contributed by atoms with Crippen LogP contribution in [0.4, 0.5) is 0 Å². The second-order valence-electron chi connectivity index (χ2n) is 8.10. The SMILES string of the molecule is CC(=O)CCCCCCC(=O)N[C@@H](CCCCNC(=O)CCCCC(C)=O)C(C)=O. The molecular weight excluding hydrogens is 384 g/mol. The molecular formula is C23H40N2O5. The maximum Gasteiger partial charge on any atom is 0.220 e. The number of Topliss-reactive ketones (excluding diaryl/α,β-unsaturated/α-hetero) is 3. The van der Waals surface area contributed by atoms with Gasteiger partial charge in [0.25, 0.3) is 0 Å². The number of amides is 2. The van der Waals surface area contributed by atoms with Crippen LogP contribution in [0.5, 0.6) is 0 Å². The molecule has 0 aliphatic rings. The van der Waals surface area contributed by atoms with Crippen molar-refractivity contribution >= 4 is 29.2 Å². The summed E-state index contributed by atoms with van der Waals surface area (Å²) >= 11 is 0. The summed E-state index contributed by atoms with van der Waals surface area (Å²) in [4.78, 5) is 57.3. The summed E-state index contributed by atoms with van der Waals surface area (Å²) in [5, 5.41) is 5.66. The first-order valence-electron chi connectivity index (χ1n) is 11.3.